The normalized spacial score (nSPS) is 19.2. The van der Waals surface area contributed by atoms with E-state index in [4.69, 9.17) is 10.6 Å². The molecule has 30 heavy (non-hydrogen) atoms. The topological polar surface area (TPSA) is 38.5 Å². The van der Waals surface area contributed by atoms with Crippen LogP contribution < -0.4 is 10.6 Å². The maximum atomic E-state index is 13.4. The van der Waals surface area contributed by atoms with Crippen LogP contribution in [0.15, 0.2) is 48.5 Å². The van der Waals surface area contributed by atoms with Crippen molar-refractivity contribution in [2.24, 2.45) is 5.84 Å². The minimum absolute atomic E-state index is 0.137. The second kappa shape index (κ2) is 7.02. The Labute approximate surface area is 168 Å². The molecule has 2 aliphatic heterocycles. The largest absolute Gasteiger partial charge is 0.482 e. The van der Waals surface area contributed by atoms with Crippen LogP contribution in [0.25, 0.3) is 5.57 Å². The molecule has 0 unspecified atom stereocenters. The molecule has 0 bridgehead atoms. The summed E-state index contributed by atoms with van der Waals surface area (Å²) in [5.74, 6) is 6.23. The van der Waals surface area contributed by atoms with Gasteiger partial charge in [-0.25, -0.2) is 5.01 Å². The SMILES string of the molecule is NN1CCC2(C=C(c3cc(C(F)(F)F)cc(C(F)(F)F)c3)c3ccccc3O2)CC1. The molecule has 160 valence electrons. The van der Waals surface area contributed by atoms with Crippen molar-refractivity contribution in [2.75, 3.05) is 13.1 Å². The van der Waals surface area contributed by atoms with Crippen LogP contribution in [-0.2, 0) is 12.4 Å². The third kappa shape index (κ3) is 3.91. The number of benzene rings is 2. The minimum Gasteiger partial charge on any atom is -0.482 e. The summed E-state index contributed by atoms with van der Waals surface area (Å²) in [5.41, 5.74) is -2.94. The summed E-state index contributed by atoms with van der Waals surface area (Å²) in [5, 5.41) is 1.61. The van der Waals surface area contributed by atoms with Crippen LogP contribution in [0.5, 0.6) is 5.75 Å². The Balaban J connectivity index is 1.91. The molecule has 0 aromatic heterocycles. The first-order chi connectivity index (χ1) is 14.0. The molecule has 4 rings (SSSR count). The average Bonchev–Trinajstić information content (AvgIpc) is 2.68. The zero-order valence-corrected chi connectivity index (χ0v) is 15.6. The van der Waals surface area contributed by atoms with E-state index in [1.165, 1.54) is 0 Å². The molecule has 1 fully saturated rings. The number of hydrazine groups is 1. The molecule has 0 atom stereocenters. The van der Waals surface area contributed by atoms with E-state index in [1.807, 2.05) is 0 Å². The number of hydrogen-bond acceptors (Lipinski definition) is 3. The van der Waals surface area contributed by atoms with Gasteiger partial charge in [-0.2, -0.15) is 26.3 Å². The Morgan fingerprint density at radius 1 is 0.867 bits per heavy atom. The molecule has 0 aliphatic carbocycles. The van der Waals surface area contributed by atoms with Gasteiger partial charge in [-0.1, -0.05) is 18.2 Å². The quantitative estimate of drug-likeness (QED) is 0.498. The lowest BCUT2D eigenvalue weighted by molar-refractivity contribution is -0.143. The second-order valence-electron chi connectivity index (χ2n) is 7.55. The van der Waals surface area contributed by atoms with Gasteiger partial charge >= 0.3 is 12.4 Å². The smallest absolute Gasteiger partial charge is 0.416 e. The van der Waals surface area contributed by atoms with Crippen molar-refractivity contribution < 1.29 is 31.1 Å². The molecular weight excluding hydrogens is 410 g/mol. The van der Waals surface area contributed by atoms with Gasteiger partial charge in [0.05, 0.1) is 11.1 Å². The fourth-order valence-electron chi connectivity index (χ4n) is 3.87. The highest BCUT2D eigenvalue weighted by atomic mass is 19.4. The molecule has 1 saturated heterocycles. The first kappa shape index (κ1) is 20.7. The van der Waals surface area contributed by atoms with Crippen molar-refractivity contribution in [1.29, 1.82) is 0 Å². The van der Waals surface area contributed by atoms with E-state index in [1.54, 1.807) is 35.4 Å². The fraction of sp³-hybridized carbons (Fsp3) is 0.333. The van der Waals surface area contributed by atoms with E-state index in [0.717, 1.165) is 12.1 Å². The Bertz CT molecular complexity index is 955. The number of alkyl halides is 6. The Morgan fingerprint density at radius 3 is 2.00 bits per heavy atom. The number of hydrogen-bond donors (Lipinski definition) is 1. The first-order valence-electron chi connectivity index (χ1n) is 9.28. The molecule has 3 nitrogen and oxygen atoms in total. The lowest BCUT2D eigenvalue weighted by Gasteiger charge is -2.42. The lowest BCUT2D eigenvalue weighted by atomic mass is 9.82. The number of fused-ring (bicyclic) bond motifs is 1. The molecule has 2 aromatic rings. The summed E-state index contributed by atoms with van der Waals surface area (Å²) in [6.07, 6.45) is -7.25. The van der Waals surface area contributed by atoms with Crippen molar-refractivity contribution >= 4 is 5.57 Å². The predicted molar refractivity (Wildman–Crippen MR) is 98.3 cm³/mol. The van der Waals surface area contributed by atoms with Crippen molar-refractivity contribution in [3.05, 3.63) is 70.8 Å². The van der Waals surface area contributed by atoms with Gasteiger partial charge in [0.2, 0.25) is 0 Å². The highest BCUT2D eigenvalue weighted by molar-refractivity contribution is 5.85. The third-order valence-corrected chi connectivity index (χ3v) is 5.44. The van der Waals surface area contributed by atoms with Gasteiger partial charge in [-0.3, -0.25) is 5.84 Å². The van der Waals surface area contributed by atoms with Crippen LogP contribution in [0.3, 0.4) is 0 Å². The molecule has 2 N–H and O–H groups in total. The summed E-state index contributed by atoms with van der Waals surface area (Å²) in [4.78, 5) is 0. The number of ether oxygens (including phenoxy) is 1. The van der Waals surface area contributed by atoms with Crippen LogP contribution in [0, 0.1) is 0 Å². The summed E-state index contributed by atoms with van der Waals surface area (Å²) in [6.45, 7) is 0.977. The molecule has 2 aliphatic rings. The van der Waals surface area contributed by atoms with E-state index in [9.17, 15) is 26.3 Å². The lowest BCUT2D eigenvalue weighted by Crippen LogP contribution is -2.50. The average molecular weight is 428 g/mol. The Kier molecular flexibility index (Phi) is 4.85. The summed E-state index contributed by atoms with van der Waals surface area (Å²) < 4.78 is 86.3. The van der Waals surface area contributed by atoms with Crippen LogP contribution in [0.2, 0.25) is 0 Å². The number of nitrogens with zero attached hydrogens (tertiary/aromatic N) is 1. The standard InChI is InChI=1S/C21H18F6N2O/c22-20(23,24)14-9-13(10-15(11-14)21(25,26)27)17-12-19(5-7-29(28)8-6-19)30-18-4-2-1-3-16(17)18/h1-4,9-12H,5-8,28H2. The molecule has 2 aromatic carbocycles. The van der Waals surface area contributed by atoms with E-state index in [2.05, 4.69) is 0 Å². The Hall–Kier alpha value is -2.52. The molecule has 2 heterocycles. The number of halogens is 6. The number of nitrogens with two attached hydrogens (primary N) is 1. The summed E-state index contributed by atoms with van der Waals surface area (Å²) >= 11 is 0. The van der Waals surface area contributed by atoms with Crippen molar-refractivity contribution in [3.8, 4) is 5.75 Å². The Morgan fingerprint density at radius 2 is 1.43 bits per heavy atom. The zero-order chi connectivity index (χ0) is 21.7. The van der Waals surface area contributed by atoms with Crippen LogP contribution >= 0.6 is 0 Å². The zero-order valence-electron chi connectivity index (χ0n) is 15.6. The van der Waals surface area contributed by atoms with Gasteiger partial charge in [0, 0.05) is 31.5 Å². The predicted octanol–water partition coefficient (Wildman–Crippen LogP) is 5.26. The van der Waals surface area contributed by atoms with Gasteiger partial charge in [0.25, 0.3) is 0 Å². The molecule has 9 heteroatoms. The summed E-state index contributed by atoms with van der Waals surface area (Å²) in [6, 6.07) is 8.31. The van der Waals surface area contributed by atoms with Crippen molar-refractivity contribution in [3.63, 3.8) is 0 Å². The van der Waals surface area contributed by atoms with E-state index in [-0.39, 0.29) is 11.6 Å². The van der Waals surface area contributed by atoms with Gasteiger partial charge in [-0.15, -0.1) is 0 Å². The third-order valence-electron chi connectivity index (χ3n) is 5.44. The van der Waals surface area contributed by atoms with E-state index < -0.39 is 29.1 Å². The minimum atomic E-state index is -4.91. The van der Waals surface area contributed by atoms with Crippen LogP contribution in [-0.4, -0.2) is 23.7 Å². The van der Waals surface area contributed by atoms with Gasteiger partial charge in [-0.05, 0) is 41.5 Å². The number of para-hydroxylation sites is 1. The molecule has 0 radical (unpaired) electrons. The van der Waals surface area contributed by atoms with Crippen molar-refractivity contribution in [1.82, 2.24) is 5.01 Å². The van der Waals surface area contributed by atoms with Crippen molar-refractivity contribution in [2.45, 2.75) is 30.8 Å². The maximum absolute atomic E-state index is 13.4. The van der Waals surface area contributed by atoms with Gasteiger partial charge < -0.3 is 4.74 Å². The fourth-order valence-corrected chi connectivity index (χ4v) is 3.87. The van der Waals surface area contributed by atoms with E-state index in [0.29, 0.717) is 42.8 Å². The van der Waals surface area contributed by atoms with Gasteiger partial charge in [0.1, 0.15) is 11.4 Å². The highest BCUT2D eigenvalue weighted by Crippen LogP contribution is 2.45. The second-order valence-corrected chi connectivity index (χ2v) is 7.55. The summed E-state index contributed by atoms with van der Waals surface area (Å²) in [7, 11) is 0. The maximum Gasteiger partial charge on any atom is 0.416 e. The highest BCUT2D eigenvalue weighted by Gasteiger charge is 2.41. The molecule has 1 spiro atoms. The molecular formula is C21H18F6N2O. The van der Waals surface area contributed by atoms with Crippen LogP contribution in [0.4, 0.5) is 26.3 Å². The van der Waals surface area contributed by atoms with E-state index >= 15 is 0 Å². The first-order valence-corrected chi connectivity index (χ1v) is 9.28. The molecule has 0 saturated carbocycles. The number of piperidine rings is 1. The van der Waals surface area contributed by atoms with Gasteiger partial charge in [0.15, 0.2) is 0 Å². The monoisotopic (exact) mass is 428 g/mol. The van der Waals surface area contributed by atoms with Crippen LogP contribution in [0.1, 0.15) is 35.1 Å². The number of rotatable bonds is 1. The molecule has 0 amide bonds.